The molecule has 1 spiro atoms. The van der Waals surface area contributed by atoms with Crippen LogP contribution in [0, 0.1) is 5.82 Å². The number of likely N-dealkylation sites (tertiary alicyclic amines) is 1. The van der Waals surface area contributed by atoms with Crippen molar-refractivity contribution in [2.45, 2.75) is 43.1 Å². The molecule has 3 saturated heterocycles. The Morgan fingerprint density at radius 1 is 1.07 bits per heavy atom. The van der Waals surface area contributed by atoms with E-state index >= 15 is 0 Å². The first kappa shape index (κ1) is 18.2. The molecule has 4 rings (SSSR count). The topological polar surface area (TPSA) is 67.9 Å². The summed E-state index contributed by atoms with van der Waals surface area (Å²) < 4.78 is 24.4. The maximum absolute atomic E-state index is 13.6. The lowest BCUT2D eigenvalue weighted by Gasteiger charge is -2.40. The molecule has 0 saturated carbocycles. The number of nitrogens with one attached hydrogen (secondary N) is 1. The van der Waals surface area contributed by atoms with Crippen LogP contribution in [0.15, 0.2) is 24.3 Å². The van der Waals surface area contributed by atoms with Crippen LogP contribution in [-0.4, -0.2) is 55.3 Å². The summed E-state index contributed by atoms with van der Waals surface area (Å²) in [6.07, 6.45) is 2.99. The van der Waals surface area contributed by atoms with Gasteiger partial charge in [0.05, 0.1) is 12.0 Å². The van der Waals surface area contributed by atoms with Gasteiger partial charge in [-0.2, -0.15) is 0 Å². The van der Waals surface area contributed by atoms with Crippen LogP contribution in [-0.2, 0) is 19.7 Å². The van der Waals surface area contributed by atoms with Crippen LogP contribution in [0.1, 0.15) is 37.7 Å². The number of hydrogen-bond donors (Lipinski definition) is 1. The third kappa shape index (κ3) is 3.40. The molecule has 3 aliphatic heterocycles. The van der Waals surface area contributed by atoms with Crippen LogP contribution >= 0.6 is 0 Å². The van der Waals surface area contributed by atoms with E-state index in [-0.39, 0.29) is 17.8 Å². The molecular formula is C20H25FN2O4. The van der Waals surface area contributed by atoms with E-state index in [1.165, 1.54) is 12.1 Å². The second-order valence-corrected chi connectivity index (χ2v) is 7.77. The predicted molar refractivity (Wildman–Crippen MR) is 95.8 cm³/mol. The van der Waals surface area contributed by atoms with Crippen LogP contribution in [0.3, 0.4) is 0 Å². The molecule has 3 fully saturated rings. The van der Waals surface area contributed by atoms with Crippen LogP contribution in [0.25, 0.3) is 0 Å². The average Bonchev–Trinajstić information content (AvgIpc) is 2.93. The van der Waals surface area contributed by atoms with Crippen molar-refractivity contribution in [1.29, 1.82) is 0 Å². The third-order valence-corrected chi connectivity index (χ3v) is 6.20. The van der Waals surface area contributed by atoms with Crippen LogP contribution < -0.4 is 5.32 Å². The lowest BCUT2D eigenvalue weighted by Crippen LogP contribution is -2.50. The second kappa shape index (κ2) is 7.11. The summed E-state index contributed by atoms with van der Waals surface area (Å²) in [7, 11) is 0. The molecule has 1 aromatic rings. The average molecular weight is 376 g/mol. The standard InChI is InChI=1S/C20H25FN2O4/c21-16-4-2-15(3-5-16)20(8-12-26-13-9-20)17(24)23-10-1-6-19(7-11-23)14-22-18(25)27-19/h2-5H,1,6-14H2,(H,22,25)/t19-/m1/s1. The largest absolute Gasteiger partial charge is 0.441 e. The van der Waals surface area contributed by atoms with Crippen molar-refractivity contribution in [3.8, 4) is 0 Å². The molecule has 0 unspecified atom stereocenters. The Bertz CT molecular complexity index is 717. The number of nitrogens with zero attached hydrogens (tertiary/aromatic N) is 1. The van der Waals surface area contributed by atoms with Gasteiger partial charge in [0, 0.05) is 32.7 Å². The van der Waals surface area contributed by atoms with Crippen molar-refractivity contribution in [1.82, 2.24) is 10.2 Å². The Hall–Kier alpha value is -2.15. The molecule has 146 valence electrons. The Kier molecular flexibility index (Phi) is 4.80. The number of halogens is 1. The smallest absolute Gasteiger partial charge is 0.407 e. The Morgan fingerprint density at radius 3 is 2.48 bits per heavy atom. The molecule has 6 nitrogen and oxygen atoms in total. The van der Waals surface area contributed by atoms with E-state index in [1.54, 1.807) is 12.1 Å². The minimum absolute atomic E-state index is 0.0757. The van der Waals surface area contributed by atoms with E-state index in [0.29, 0.717) is 52.1 Å². The van der Waals surface area contributed by atoms with Gasteiger partial charge >= 0.3 is 6.09 Å². The van der Waals surface area contributed by atoms with E-state index in [9.17, 15) is 14.0 Å². The van der Waals surface area contributed by atoms with Gasteiger partial charge in [-0.15, -0.1) is 0 Å². The van der Waals surface area contributed by atoms with Gasteiger partial charge in [-0.25, -0.2) is 9.18 Å². The fourth-order valence-corrected chi connectivity index (χ4v) is 4.57. The van der Waals surface area contributed by atoms with Crippen molar-refractivity contribution in [2.75, 3.05) is 32.8 Å². The zero-order valence-corrected chi connectivity index (χ0v) is 15.3. The minimum atomic E-state index is -0.673. The van der Waals surface area contributed by atoms with Gasteiger partial charge in [0.1, 0.15) is 11.4 Å². The molecule has 3 aliphatic rings. The van der Waals surface area contributed by atoms with Crippen molar-refractivity contribution in [3.63, 3.8) is 0 Å². The van der Waals surface area contributed by atoms with E-state index in [4.69, 9.17) is 9.47 Å². The summed E-state index contributed by atoms with van der Waals surface area (Å²) in [4.78, 5) is 27.0. The van der Waals surface area contributed by atoms with Gasteiger partial charge in [0.15, 0.2) is 0 Å². The van der Waals surface area contributed by atoms with Crippen molar-refractivity contribution in [2.24, 2.45) is 0 Å². The molecule has 1 atom stereocenters. The Balaban J connectivity index is 1.56. The molecule has 7 heteroatoms. The summed E-state index contributed by atoms with van der Waals surface area (Å²) in [5, 5.41) is 2.74. The Morgan fingerprint density at radius 2 is 1.81 bits per heavy atom. The minimum Gasteiger partial charge on any atom is -0.441 e. The summed E-state index contributed by atoms with van der Waals surface area (Å²) >= 11 is 0. The quantitative estimate of drug-likeness (QED) is 0.861. The molecule has 0 aliphatic carbocycles. The zero-order chi connectivity index (χ0) is 18.9. The van der Waals surface area contributed by atoms with Crippen LogP contribution in [0.5, 0.6) is 0 Å². The van der Waals surface area contributed by atoms with Crippen molar-refractivity contribution in [3.05, 3.63) is 35.6 Å². The first-order valence-electron chi connectivity index (χ1n) is 9.63. The highest BCUT2D eigenvalue weighted by Gasteiger charge is 2.47. The number of carbonyl (C=O) groups is 2. The van der Waals surface area contributed by atoms with E-state index in [2.05, 4.69) is 5.32 Å². The summed E-state index contributed by atoms with van der Waals surface area (Å²) in [5.41, 5.74) is -0.316. The molecular weight excluding hydrogens is 351 g/mol. The second-order valence-electron chi connectivity index (χ2n) is 7.77. The Labute approximate surface area is 158 Å². The van der Waals surface area contributed by atoms with Gasteiger partial charge < -0.3 is 19.7 Å². The van der Waals surface area contributed by atoms with Gasteiger partial charge in [-0.1, -0.05) is 12.1 Å². The van der Waals surface area contributed by atoms with Gasteiger partial charge in [-0.3, -0.25) is 4.79 Å². The number of amides is 2. The van der Waals surface area contributed by atoms with Gasteiger partial charge in [0.25, 0.3) is 0 Å². The molecule has 0 aromatic heterocycles. The number of benzene rings is 1. The van der Waals surface area contributed by atoms with Crippen molar-refractivity contribution < 1.29 is 23.5 Å². The highest BCUT2D eigenvalue weighted by Crippen LogP contribution is 2.38. The number of ether oxygens (including phenoxy) is 2. The molecule has 3 heterocycles. The van der Waals surface area contributed by atoms with E-state index in [0.717, 1.165) is 18.4 Å². The molecule has 27 heavy (non-hydrogen) atoms. The summed E-state index contributed by atoms with van der Waals surface area (Å²) in [6.45, 7) is 2.73. The number of carbonyl (C=O) groups excluding carboxylic acids is 2. The number of hydrogen-bond acceptors (Lipinski definition) is 4. The first-order chi connectivity index (χ1) is 13.0. The van der Waals surface area contributed by atoms with Crippen LogP contribution in [0.2, 0.25) is 0 Å². The fourth-order valence-electron chi connectivity index (χ4n) is 4.57. The normalized spacial score (nSPS) is 27.7. The highest BCUT2D eigenvalue weighted by molar-refractivity contribution is 5.88. The molecule has 2 amide bonds. The predicted octanol–water partition coefficient (Wildman–Crippen LogP) is 2.37. The number of rotatable bonds is 2. The molecule has 1 aromatic carbocycles. The lowest BCUT2D eigenvalue weighted by atomic mass is 9.73. The maximum atomic E-state index is 13.6. The van der Waals surface area contributed by atoms with Crippen LogP contribution in [0.4, 0.5) is 9.18 Å². The molecule has 1 N–H and O–H groups in total. The summed E-state index contributed by atoms with van der Waals surface area (Å²) in [5.74, 6) is -0.229. The molecule has 0 radical (unpaired) electrons. The maximum Gasteiger partial charge on any atom is 0.407 e. The summed E-state index contributed by atoms with van der Waals surface area (Å²) in [6, 6.07) is 6.28. The lowest BCUT2D eigenvalue weighted by molar-refractivity contribution is -0.141. The zero-order valence-electron chi connectivity index (χ0n) is 15.3. The van der Waals surface area contributed by atoms with E-state index < -0.39 is 11.0 Å². The van der Waals surface area contributed by atoms with E-state index in [1.807, 2.05) is 4.90 Å². The van der Waals surface area contributed by atoms with Gasteiger partial charge in [0.2, 0.25) is 5.91 Å². The monoisotopic (exact) mass is 376 g/mol. The SMILES string of the molecule is O=C1NC[C@]2(CCCN(C(=O)C3(c4ccc(F)cc4)CCOCC3)CC2)O1. The fraction of sp³-hybridized carbons (Fsp3) is 0.600. The van der Waals surface area contributed by atoms with Gasteiger partial charge in [-0.05, 0) is 43.4 Å². The third-order valence-electron chi connectivity index (χ3n) is 6.20. The first-order valence-corrected chi connectivity index (χ1v) is 9.63. The highest BCUT2D eigenvalue weighted by atomic mass is 19.1. The number of alkyl carbamates (subject to hydrolysis) is 1. The van der Waals surface area contributed by atoms with Crippen molar-refractivity contribution >= 4 is 12.0 Å². The molecule has 0 bridgehead atoms.